The summed E-state index contributed by atoms with van der Waals surface area (Å²) in [6, 6.07) is 2.26. The molecule has 0 spiro atoms. The molecule has 1 unspecified atom stereocenters. The van der Waals surface area contributed by atoms with Crippen molar-refractivity contribution in [2.45, 2.75) is 19.5 Å². The van der Waals surface area contributed by atoms with Gasteiger partial charge in [0.05, 0.1) is 0 Å². The van der Waals surface area contributed by atoms with Crippen molar-refractivity contribution in [1.82, 2.24) is 4.57 Å². The molecule has 0 aliphatic carbocycles. The molecule has 2 rings (SSSR count). The Hall–Kier alpha value is -0.960. The van der Waals surface area contributed by atoms with Crippen LogP contribution < -0.4 is 10.6 Å². The largest absolute Gasteiger partial charge is 0.359 e. The van der Waals surface area contributed by atoms with E-state index < -0.39 is 0 Å². The third-order valence-electron chi connectivity index (χ3n) is 2.49. The number of hydrogen-bond acceptors (Lipinski definition) is 2. The Morgan fingerprint density at radius 1 is 1.50 bits per heavy atom. The van der Waals surface area contributed by atoms with Crippen LogP contribution in [0.4, 0.5) is 5.82 Å². The predicted molar refractivity (Wildman–Crippen MR) is 50.3 cm³/mol. The van der Waals surface area contributed by atoms with Gasteiger partial charge in [0, 0.05) is 37.9 Å². The number of nitrogens with two attached hydrogens (primary N) is 1. The first kappa shape index (κ1) is 7.68. The van der Waals surface area contributed by atoms with Gasteiger partial charge in [-0.1, -0.05) is 0 Å². The minimum Gasteiger partial charge on any atom is -0.359 e. The lowest BCUT2D eigenvalue weighted by Gasteiger charge is -2.14. The molecule has 0 radical (unpaired) electrons. The van der Waals surface area contributed by atoms with E-state index in [2.05, 4.69) is 28.8 Å². The molecular weight excluding hydrogens is 150 g/mol. The SMILES string of the molecule is CC(N)c1ccn2c1N(C)CC2. The van der Waals surface area contributed by atoms with E-state index in [1.807, 2.05) is 6.92 Å². The van der Waals surface area contributed by atoms with Gasteiger partial charge in [0.25, 0.3) is 0 Å². The summed E-state index contributed by atoms with van der Waals surface area (Å²) < 4.78 is 2.26. The minimum absolute atomic E-state index is 0.141. The van der Waals surface area contributed by atoms with Gasteiger partial charge in [-0.15, -0.1) is 0 Å². The third-order valence-corrected chi connectivity index (χ3v) is 2.49. The van der Waals surface area contributed by atoms with Gasteiger partial charge in [0.1, 0.15) is 5.82 Å². The molecule has 1 aliphatic rings. The first-order chi connectivity index (χ1) is 5.70. The van der Waals surface area contributed by atoms with Crippen LogP contribution in [0.15, 0.2) is 12.3 Å². The van der Waals surface area contributed by atoms with E-state index in [0.717, 1.165) is 13.1 Å². The molecule has 0 saturated carbocycles. The minimum atomic E-state index is 0.141. The highest BCUT2D eigenvalue weighted by Gasteiger charge is 2.20. The molecular formula is C9H15N3. The number of likely N-dealkylation sites (N-methyl/N-ethyl adjacent to an activating group) is 1. The molecule has 1 aromatic rings. The molecule has 0 bridgehead atoms. The van der Waals surface area contributed by atoms with Crippen LogP contribution in [0.5, 0.6) is 0 Å². The summed E-state index contributed by atoms with van der Waals surface area (Å²) in [5.74, 6) is 1.30. The lowest BCUT2D eigenvalue weighted by Crippen LogP contribution is -2.16. The van der Waals surface area contributed by atoms with Crippen LogP contribution >= 0.6 is 0 Å². The molecule has 0 fully saturated rings. The molecule has 1 atom stereocenters. The molecule has 3 heteroatoms. The fourth-order valence-electron chi connectivity index (χ4n) is 1.82. The van der Waals surface area contributed by atoms with Crippen LogP contribution in [0.2, 0.25) is 0 Å². The quantitative estimate of drug-likeness (QED) is 0.672. The van der Waals surface area contributed by atoms with E-state index in [4.69, 9.17) is 5.73 Å². The second-order valence-electron chi connectivity index (χ2n) is 3.50. The third kappa shape index (κ3) is 0.932. The fourth-order valence-corrected chi connectivity index (χ4v) is 1.82. The van der Waals surface area contributed by atoms with Crippen LogP contribution in [0, 0.1) is 0 Å². The predicted octanol–water partition coefficient (Wildman–Crippen LogP) is 0.958. The highest BCUT2D eigenvalue weighted by molar-refractivity contribution is 5.52. The number of nitrogens with zero attached hydrogens (tertiary/aromatic N) is 2. The average molecular weight is 165 g/mol. The van der Waals surface area contributed by atoms with Crippen molar-refractivity contribution in [3.63, 3.8) is 0 Å². The van der Waals surface area contributed by atoms with Gasteiger partial charge >= 0.3 is 0 Å². The number of rotatable bonds is 1. The molecule has 0 saturated heterocycles. The maximum Gasteiger partial charge on any atom is 0.113 e. The van der Waals surface area contributed by atoms with Crippen molar-refractivity contribution in [2.24, 2.45) is 5.73 Å². The van der Waals surface area contributed by atoms with Crippen molar-refractivity contribution in [3.8, 4) is 0 Å². The monoisotopic (exact) mass is 165 g/mol. The average Bonchev–Trinajstić information content (AvgIpc) is 2.53. The Kier molecular flexibility index (Phi) is 1.61. The molecule has 12 heavy (non-hydrogen) atoms. The van der Waals surface area contributed by atoms with Gasteiger partial charge in [-0.3, -0.25) is 0 Å². The number of aromatic nitrogens is 1. The zero-order valence-electron chi connectivity index (χ0n) is 7.62. The standard InChI is InChI=1S/C9H15N3/c1-7(10)8-3-4-12-6-5-11(2)9(8)12/h3-4,7H,5-6,10H2,1-2H3. The molecule has 3 nitrogen and oxygen atoms in total. The van der Waals surface area contributed by atoms with Gasteiger partial charge in [-0.05, 0) is 13.0 Å². The Bertz CT molecular complexity index is 288. The first-order valence-electron chi connectivity index (χ1n) is 4.36. The normalized spacial score (nSPS) is 18.1. The highest BCUT2D eigenvalue weighted by Crippen LogP contribution is 2.29. The Morgan fingerprint density at radius 3 is 2.92 bits per heavy atom. The summed E-state index contributed by atoms with van der Waals surface area (Å²) in [5, 5.41) is 0. The van der Waals surface area contributed by atoms with Crippen LogP contribution in [0.1, 0.15) is 18.5 Å². The van der Waals surface area contributed by atoms with Crippen molar-refractivity contribution >= 4 is 5.82 Å². The van der Waals surface area contributed by atoms with E-state index in [-0.39, 0.29) is 6.04 Å². The van der Waals surface area contributed by atoms with Crippen LogP contribution in [0.25, 0.3) is 0 Å². The topological polar surface area (TPSA) is 34.2 Å². The second-order valence-corrected chi connectivity index (χ2v) is 3.50. The molecule has 1 aliphatic heterocycles. The summed E-state index contributed by atoms with van der Waals surface area (Å²) in [5.41, 5.74) is 7.11. The maximum atomic E-state index is 5.85. The zero-order chi connectivity index (χ0) is 8.72. The van der Waals surface area contributed by atoms with Crippen LogP contribution in [0.3, 0.4) is 0 Å². The number of anilines is 1. The van der Waals surface area contributed by atoms with Gasteiger partial charge in [-0.25, -0.2) is 0 Å². The molecule has 2 N–H and O–H groups in total. The lowest BCUT2D eigenvalue weighted by molar-refractivity contribution is 0.794. The number of fused-ring (bicyclic) bond motifs is 1. The van der Waals surface area contributed by atoms with Crippen LogP contribution in [-0.2, 0) is 6.54 Å². The van der Waals surface area contributed by atoms with Gasteiger partial charge < -0.3 is 15.2 Å². The van der Waals surface area contributed by atoms with E-state index in [1.165, 1.54) is 11.4 Å². The Balaban J connectivity index is 2.46. The van der Waals surface area contributed by atoms with Crippen molar-refractivity contribution < 1.29 is 0 Å². The maximum absolute atomic E-state index is 5.85. The molecule has 66 valence electrons. The second kappa shape index (κ2) is 2.52. The molecule has 1 aromatic heterocycles. The molecule has 0 amide bonds. The van der Waals surface area contributed by atoms with E-state index in [0.29, 0.717) is 0 Å². The van der Waals surface area contributed by atoms with Crippen molar-refractivity contribution in [3.05, 3.63) is 17.8 Å². The molecule has 2 heterocycles. The van der Waals surface area contributed by atoms with Gasteiger partial charge in [0.15, 0.2) is 0 Å². The Morgan fingerprint density at radius 2 is 2.25 bits per heavy atom. The van der Waals surface area contributed by atoms with E-state index in [9.17, 15) is 0 Å². The van der Waals surface area contributed by atoms with E-state index >= 15 is 0 Å². The summed E-state index contributed by atoms with van der Waals surface area (Å²) in [6.07, 6.45) is 2.12. The molecule has 0 aromatic carbocycles. The summed E-state index contributed by atoms with van der Waals surface area (Å²) in [4.78, 5) is 2.26. The fraction of sp³-hybridized carbons (Fsp3) is 0.556. The summed E-state index contributed by atoms with van der Waals surface area (Å²) >= 11 is 0. The summed E-state index contributed by atoms with van der Waals surface area (Å²) in [6.45, 7) is 4.23. The number of hydrogen-bond donors (Lipinski definition) is 1. The zero-order valence-corrected chi connectivity index (χ0v) is 7.62. The van der Waals surface area contributed by atoms with Gasteiger partial charge in [0.2, 0.25) is 0 Å². The first-order valence-corrected chi connectivity index (χ1v) is 4.36. The smallest absolute Gasteiger partial charge is 0.113 e. The van der Waals surface area contributed by atoms with Crippen molar-refractivity contribution in [1.29, 1.82) is 0 Å². The van der Waals surface area contributed by atoms with Gasteiger partial charge in [-0.2, -0.15) is 0 Å². The highest BCUT2D eigenvalue weighted by atomic mass is 15.3. The lowest BCUT2D eigenvalue weighted by atomic mass is 10.2. The Labute approximate surface area is 72.8 Å². The summed E-state index contributed by atoms with van der Waals surface area (Å²) in [7, 11) is 2.12. The van der Waals surface area contributed by atoms with Crippen molar-refractivity contribution in [2.75, 3.05) is 18.5 Å². The van der Waals surface area contributed by atoms with Crippen LogP contribution in [-0.4, -0.2) is 18.2 Å². The van der Waals surface area contributed by atoms with E-state index in [1.54, 1.807) is 0 Å².